The highest BCUT2D eigenvalue weighted by molar-refractivity contribution is 7.84. The van der Waals surface area contributed by atoms with E-state index in [0.29, 0.717) is 24.2 Å². The first kappa shape index (κ1) is 76.8. The number of carbonyl (C=O) groups is 1. The Kier molecular flexibility index (Phi) is 28.2. The number of amides is 1. The number of nitrogens with zero attached hydrogens (tertiary/aromatic N) is 2. The second-order valence-electron chi connectivity index (χ2n) is 30.8. The number of rotatable bonds is 22. The van der Waals surface area contributed by atoms with E-state index in [1.54, 1.807) is 38.1 Å². The molecule has 2 saturated carbocycles. The number of benzene rings is 2. The first-order chi connectivity index (χ1) is 43.4. The van der Waals surface area contributed by atoms with Crippen molar-refractivity contribution in [2.45, 2.75) is 339 Å². The van der Waals surface area contributed by atoms with Crippen LogP contribution in [-0.4, -0.2) is 194 Å². The van der Waals surface area contributed by atoms with Gasteiger partial charge >= 0.3 is 0 Å². The predicted molar refractivity (Wildman–Crippen MR) is 369 cm³/mol. The fourth-order valence-corrected chi connectivity index (χ4v) is 24.3. The summed E-state index contributed by atoms with van der Waals surface area (Å²) in [6.07, 6.45) is 10.0. The number of ether oxygens (including phenoxy) is 7. The number of methoxy groups -OCH3 is 1. The maximum Gasteiger partial charge on any atom is 0.222 e. The molecule has 0 spiro atoms. The molecule has 3 saturated heterocycles. The second kappa shape index (κ2) is 33.8. The van der Waals surface area contributed by atoms with E-state index in [1.165, 1.54) is 82.9 Å². The number of likely N-dealkylation sites (N-methyl/N-ethyl adjacent to an activating group) is 1. The Morgan fingerprint density at radius 3 is 1.87 bits per heavy atom. The van der Waals surface area contributed by atoms with Crippen LogP contribution in [0.15, 0.2) is 42.5 Å². The minimum Gasteiger partial charge on any atom is -0.490 e. The maximum absolute atomic E-state index is 15.1. The van der Waals surface area contributed by atoms with Gasteiger partial charge in [0.1, 0.15) is 40.7 Å². The lowest BCUT2D eigenvalue weighted by Crippen LogP contribution is -2.62. The molecule has 2 aromatic carbocycles. The van der Waals surface area contributed by atoms with Gasteiger partial charge in [-0.2, -0.15) is 0 Å². The molecule has 2 unspecified atom stereocenters. The van der Waals surface area contributed by atoms with Crippen LogP contribution >= 0.6 is 7.26 Å². The van der Waals surface area contributed by atoms with E-state index in [4.69, 9.17) is 33.2 Å². The van der Waals surface area contributed by atoms with Crippen LogP contribution in [0.25, 0.3) is 11.1 Å². The Bertz CT molecular complexity index is 2510. The Balaban J connectivity index is 1.16. The lowest BCUT2D eigenvalue weighted by molar-refractivity contribution is -0.306. The van der Waals surface area contributed by atoms with Gasteiger partial charge in [-0.25, -0.2) is 0 Å². The highest BCUT2D eigenvalue weighted by Gasteiger charge is 2.57. The Hall–Kier alpha value is -2.54. The molecule has 16 nitrogen and oxygen atoms in total. The number of hydrogen-bond donors (Lipinski definition) is 6. The normalized spacial score (nSPS) is 36.5. The zero-order valence-corrected chi connectivity index (χ0v) is 60.8. The van der Waals surface area contributed by atoms with Gasteiger partial charge < -0.3 is 73.6 Å². The number of unbranched alkanes of at least 4 members (excludes halogenated alkanes) is 4. The molecule has 92 heavy (non-hydrogen) atoms. The summed E-state index contributed by atoms with van der Waals surface area (Å²) in [5.74, 6) is -0.860. The van der Waals surface area contributed by atoms with Gasteiger partial charge in [-0.1, -0.05) is 77.6 Å². The van der Waals surface area contributed by atoms with Gasteiger partial charge in [-0.15, -0.1) is 0 Å². The Labute approximate surface area is 556 Å². The van der Waals surface area contributed by atoms with Crippen LogP contribution in [0.3, 0.4) is 0 Å². The van der Waals surface area contributed by atoms with Gasteiger partial charge in [-0.05, 0) is 209 Å². The molecule has 3 aliphatic heterocycles. The molecule has 19 atom stereocenters. The van der Waals surface area contributed by atoms with Crippen LogP contribution in [0.1, 0.15) is 225 Å². The summed E-state index contributed by atoms with van der Waals surface area (Å²) < 4.78 is 46.1. The number of carbonyl (C=O) groups excluding carboxylic acids is 1. The van der Waals surface area contributed by atoms with Crippen molar-refractivity contribution < 1.29 is 68.6 Å². The van der Waals surface area contributed by atoms with Crippen molar-refractivity contribution in [1.29, 1.82) is 0 Å². The zero-order chi connectivity index (χ0) is 67.6. The van der Waals surface area contributed by atoms with Crippen molar-refractivity contribution in [2.24, 2.45) is 23.7 Å². The van der Waals surface area contributed by atoms with Crippen LogP contribution in [0, 0.1) is 23.7 Å². The molecule has 2 aliphatic carbocycles. The summed E-state index contributed by atoms with van der Waals surface area (Å²) in [7, 11) is 3.55. The first-order valence-electron chi connectivity index (χ1n) is 36.2. The number of aliphatic hydroxyl groups excluding tert-OH is 4. The molecule has 0 radical (unpaired) electrons. The van der Waals surface area contributed by atoms with Gasteiger partial charge in [0.2, 0.25) is 5.91 Å². The second-order valence-corrected chi connectivity index (χ2v) is 35.0. The van der Waals surface area contributed by atoms with E-state index >= 15 is 4.79 Å². The molecule has 2 aromatic rings. The van der Waals surface area contributed by atoms with E-state index < -0.39 is 103 Å². The van der Waals surface area contributed by atoms with Crippen molar-refractivity contribution >= 4 is 18.5 Å². The van der Waals surface area contributed by atoms with E-state index in [0.717, 1.165) is 42.7 Å². The molecule has 0 bridgehead atoms. The van der Waals surface area contributed by atoms with Crippen LogP contribution in [0.5, 0.6) is 11.5 Å². The van der Waals surface area contributed by atoms with Crippen LogP contribution in [0.2, 0.25) is 0 Å². The summed E-state index contributed by atoms with van der Waals surface area (Å²) in [5, 5.41) is 75.9. The minimum atomic E-state index is -1.94. The third kappa shape index (κ3) is 18.0. The van der Waals surface area contributed by atoms with Gasteiger partial charge in [0.25, 0.3) is 0 Å². The quantitative estimate of drug-likeness (QED) is 0.0479. The lowest BCUT2D eigenvalue weighted by atomic mass is 9.68. The van der Waals surface area contributed by atoms with Gasteiger partial charge in [0.15, 0.2) is 12.6 Å². The summed E-state index contributed by atoms with van der Waals surface area (Å²) in [6, 6.07) is 14.5. The van der Waals surface area contributed by atoms with E-state index in [-0.39, 0.29) is 68.4 Å². The SMILES string of the molecule is CC[C@H]1OC(O)[C@H](C)C([C@H]2C[C@@](C)(OC)[C@@H](O)[C@H](C)O2)[C@H](C)[C@@H](O[C@@H]2O[C@H](C)C[C@H](N(C)C)[C@H]2O)[C@](C)(O)C[C@@H](C)CN(C(=O)CCCCCCC[P+](c2ccccc2-c2c(OC(C)C)cccc2OC(C)C)(C2CCCCC2)C2CCCCC2)[C@H](C)[C@@H](O)[C@]1(C)O. The van der Waals surface area contributed by atoms with Crippen LogP contribution < -0.4 is 14.8 Å². The van der Waals surface area contributed by atoms with Crippen molar-refractivity contribution in [1.82, 2.24) is 9.80 Å². The average Bonchev–Trinajstić information content (AvgIpc) is 0.788. The Morgan fingerprint density at radius 1 is 0.728 bits per heavy atom. The van der Waals surface area contributed by atoms with Gasteiger partial charge in [-0.3, -0.25) is 4.79 Å². The lowest BCUT2D eigenvalue weighted by Gasteiger charge is -2.52. The smallest absolute Gasteiger partial charge is 0.222 e. The molecule has 0 aromatic heterocycles. The molecule has 5 fully saturated rings. The van der Waals surface area contributed by atoms with E-state index in [9.17, 15) is 30.6 Å². The molecule has 526 valence electrons. The van der Waals surface area contributed by atoms with Gasteiger partial charge in [0, 0.05) is 44.0 Å². The summed E-state index contributed by atoms with van der Waals surface area (Å²) in [5.41, 5.74) is -0.946. The summed E-state index contributed by atoms with van der Waals surface area (Å²) in [6.45, 7) is 26.7. The number of hydrogen-bond acceptors (Lipinski definition) is 15. The van der Waals surface area contributed by atoms with Crippen molar-refractivity contribution in [2.75, 3.05) is 33.9 Å². The van der Waals surface area contributed by atoms with Crippen molar-refractivity contribution in [3.63, 3.8) is 0 Å². The van der Waals surface area contributed by atoms with Crippen LogP contribution in [-0.2, 0) is 28.5 Å². The molecular weight excluding hydrogens is 1180 g/mol. The fraction of sp³-hybridized carbons (Fsp3) is 0.827. The van der Waals surface area contributed by atoms with Crippen molar-refractivity contribution in [3.8, 4) is 22.6 Å². The fourth-order valence-electron chi connectivity index (χ4n) is 17.6. The van der Waals surface area contributed by atoms with Crippen molar-refractivity contribution in [3.05, 3.63) is 42.5 Å². The topological polar surface area (TPSA) is 210 Å². The third-order valence-electron chi connectivity index (χ3n) is 22.4. The standard InChI is InChI=1S/C75H128N2O14P/c1-18-63-75(14,84)68(80)53(10)77(46-49(6)44-73(12,83)70(91-72-67(79)58(76(15)16)43-50(7)88-72)51(8)65(52(9)71(82)90-63)61-45-74(13,85-17)69(81)54(11)89-61)64(78)41-28-20-19-21-31-42-92(55-33-24-22-25-34-55,56-35-26-23-27-36-56)62-40-30-29-37-57(62)66-59(86-47(2)3)38-32-39-60(66)87-48(4)5/h29-30,32,37-40,47-56,58,61,63,65,67-72,79-84H,18-28,31,33-36,41-46H2,1-17H3/q+1/t49-,50-,51+,52-,53-,54+,58+,61-,63-,65?,67-,68-,69+,70-,71?,72+,73-,74-,75-/m1/s1. The first-order valence-corrected chi connectivity index (χ1v) is 38.3. The molecule has 3 heterocycles. The predicted octanol–water partition coefficient (Wildman–Crippen LogP) is 12.5. The zero-order valence-electron chi connectivity index (χ0n) is 59.9. The molecule has 6 N–H and O–H groups in total. The van der Waals surface area contributed by atoms with Crippen LogP contribution in [0.4, 0.5) is 0 Å². The third-order valence-corrected chi connectivity index (χ3v) is 28.4. The monoisotopic (exact) mass is 1310 g/mol. The molecule has 17 heteroatoms. The maximum atomic E-state index is 15.1. The highest BCUT2D eigenvalue weighted by Crippen LogP contribution is 2.73. The van der Waals surface area contributed by atoms with E-state index in [2.05, 4.69) is 70.2 Å². The summed E-state index contributed by atoms with van der Waals surface area (Å²) in [4.78, 5) is 18.7. The minimum absolute atomic E-state index is 0.000987. The summed E-state index contributed by atoms with van der Waals surface area (Å²) >= 11 is 0. The Morgan fingerprint density at radius 2 is 1.30 bits per heavy atom. The average molecular weight is 1310 g/mol. The molecule has 7 rings (SSSR count). The number of aliphatic hydroxyl groups is 6. The largest absolute Gasteiger partial charge is 0.490 e. The highest BCUT2D eigenvalue weighted by atomic mass is 31.2. The van der Waals surface area contributed by atoms with E-state index in [1.807, 2.05) is 60.5 Å². The molecular formula is C75H128N2O14P+. The molecule has 1 amide bonds. The van der Waals surface area contributed by atoms with Gasteiger partial charge in [0.05, 0.1) is 90.3 Å². The molecule has 5 aliphatic rings.